The zero-order valence-corrected chi connectivity index (χ0v) is 17.3. The molecule has 0 spiro atoms. The largest absolute Gasteiger partial charge is 0.493 e. The molecule has 0 unspecified atom stereocenters. The van der Waals surface area contributed by atoms with E-state index >= 15 is 0 Å². The summed E-state index contributed by atoms with van der Waals surface area (Å²) in [5.74, 6) is 2.38. The van der Waals surface area contributed by atoms with Crippen LogP contribution in [0.15, 0.2) is 22.7 Å². The Balaban J connectivity index is 1.81. The van der Waals surface area contributed by atoms with E-state index < -0.39 is 5.54 Å². The number of methoxy groups -OCH3 is 3. The van der Waals surface area contributed by atoms with Crippen molar-refractivity contribution in [2.75, 3.05) is 21.3 Å². The summed E-state index contributed by atoms with van der Waals surface area (Å²) in [6.07, 6.45) is 7.91. The predicted molar refractivity (Wildman–Crippen MR) is 107 cm³/mol. The molecule has 1 N–H and O–H groups in total. The van der Waals surface area contributed by atoms with E-state index in [1.165, 1.54) is 6.08 Å². The molecule has 0 bridgehead atoms. The number of carbonyl (C=O) groups excluding carboxylic acids is 1. The van der Waals surface area contributed by atoms with Gasteiger partial charge in [0, 0.05) is 13.0 Å². The van der Waals surface area contributed by atoms with Crippen molar-refractivity contribution in [3.8, 4) is 17.2 Å². The second-order valence-corrected chi connectivity index (χ2v) is 7.06. The molecular formula is C21H27N3O5. The number of carbonyl (C=O) groups is 1. The highest BCUT2D eigenvalue weighted by Crippen LogP contribution is 2.39. The van der Waals surface area contributed by atoms with Crippen molar-refractivity contribution < 1.29 is 23.5 Å². The third-order valence-electron chi connectivity index (χ3n) is 5.14. The second-order valence-electron chi connectivity index (χ2n) is 7.06. The maximum Gasteiger partial charge on any atom is 0.244 e. The Hall–Kier alpha value is -3.03. The third kappa shape index (κ3) is 4.52. The van der Waals surface area contributed by atoms with Gasteiger partial charge < -0.3 is 24.1 Å². The van der Waals surface area contributed by atoms with E-state index in [1.807, 2.05) is 0 Å². The molecule has 29 heavy (non-hydrogen) atoms. The molecule has 156 valence electrons. The van der Waals surface area contributed by atoms with Crippen LogP contribution in [0.1, 0.15) is 49.4 Å². The van der Waals surface area contributed by atoms with Gasteiger partial charge in [-0.25, -0.2) is 0 Å². The Kier molecular flexibility index (Phi) is 6.41. The molecule has 0 saturated heterocycles. The Morgan fingerprint density at radius 1 is 1.10 bits per heavy atom. The van der Waals surface area contributed by atoms with Gasteiger partial charge in [-0.1, -0.05) is 24.4 Å². The normalized spacial score (nSPS) is 15.9. The Morgan fingerprint density at radius 3 is 2.28 bits per heavy atom. The first-order valence-electron chi connectivity index (χ1n) is 9.62. The lowest BCUT2D eigenvalue weighted by molar-refractivity contribution is -0.119. The lowest BCUT2D eigenvalue weighted by atomic mass is 9.81. The van der Waals surface area contributed by atoms with Gasteiger partial charge in [-0.15, -0.1) is 0 Å². The van der Waals surface area contributed by atoms with Gasteiger partial charge >= 0.3 is 0 Å². The summed E-state index contributed by atoms with van der Waals surface area (Å²) in [7, 11) is 4.65. The first kappa shape index (κ1) is 20.7. The van der Waals surface area contributed by atoms with E-state index in [9.17, 15) is 4.79 Å². The summed E-state index contributed by atoms with van der Waals surface area (Å²) in [4.78, 5) is 17.1. The predicted octanol–water partition coefficient (Wildman–Crippen LogP) is 3.39. The Labute approximate surface area is 170 Å². The van der Waals surface area contributed by atoms with Crippen molar-refractivity contribution in [1.29, 1.82) is 0 Å². The minimum atomic E-state index is -0.591. The molecule has 1 fully saturated rings. The average Bonchev–Trinajstić information content (AvgIpc) is 3.19. The van der Waals surface area contributed by atoms with Crippen LogP contribution < -0.4 is 19.5 Å². The molecule has 2 aromatic rings. The van der Waals surface area contributed by atoms with Gasteiger partial charge in [-0.2, -0.15) is 4.98 Å². The van der Waals surface area contributed by atoms with Crippen molar-refractivity contribution in [2.24, 2.45) is 0 Å². The number of rotatable bonds is 7. The number of amides is 1. The minimum absolute atomic E-state index is 0.219. The van der Waals surface area contributed by atoms with Crippen LogP contribution in [0, 0.1) is 6.92 Å². The van der Waals surface area contributed by atoms with Gasteiger partial charge in [-0.3, -0.25) is 4.79 Å². The molecular weight excluding hydrogens is 374 g/mol. The number of nitrogens with zero attached hydrogens (tertiary/aromatic N) is 2. The first-order chi connectivity index (χ1) is 14.0. The quantitative estimate of drug-likeness (QED) is 0.711. The maximum atomic E-state index is 12.7. The maximum absolute atomic E-state index is 12.7. The highest BCUT2D eigenvalue weighted by Gasteiger charge is 2.39. The number of aryl methyl sites for hydroxylation is 1. The van der Waals surface area contributed by atoms with Crippen molar-refractivity contribution in [2.45, 2.75) is 44.6 Å². The first-order valence-corrected chi connectivity index (χ1v) is 9.62. The van der Waals surface area contributed by atoms with Crippen LogP contribution in [0.5, 0.6) is 17.2 Å². The van der Waals surface area contributed by atoms with Crippen molar-refractivity contribution in [3.63, 3.8) is 0 Å². The minimum Gasteiger partial charge on any atom is -0.493 e. The fourth-order valence-electron chi connectivity index (χ4n) is 3.70. The molecule has 0 atom stereocenters. The fourth-order valence-corrected chi connectivity index (χ4v) is 3.70. The van der Waals surface area contributed by atoms with E-state index in [1.54, 1.807) is 46.5 Å². The average molecular weight is 401 g/mol. The van der Waals surface area contributed by atoms with Crippen LogP contribution in [0.2, 0.25) is 0 Å². The van der Waals surface area contributed by atoms with Crippen LogP contribution in [0.4, 0.5) is 0 Å². The molecule has 1 aliphatic carbocycles. The lowest BCUT2D eigenvalue weighted by Crippen LogP contribution is -2.47. The number of ether oxygens (including phenoxy) is 3. The number of benzene rings is 1. The number of aromatic nitrogens is 2. The molecule has 1 aromatic carbocycles. The molecule has 8 nitrogen and oxygen atoms in total. The van der Waals surface area contributed by atoms with Crippen molar-refractivity contribution >= 4 is 12.0 Å². The SMILES string of the molecule is COc1cc(C=CC(=O)NC2(c3noc(C)n3)CCCCC2)cc(OC)c1OC. The van der Waals surface area contributed by atoms with E-state index in [4.69, 9.17) is 18.7 Å². The standard InChI is InChI=1S/C21H27N3O5/c1-14-22-20(24-29-14)21(10-6-5-7-11-21)23-18(25)9-8-15-12-16(26-2)19(28-4)17(13-15)27-3/h8-9,12-13H,5-7,10-11H2,1-4H3,(H,23,25). The topological polar surface area (TPSA) is 95.7 Å². The van der Waals surface area contributed by atoms with Gasteiger partial charge in [0.15, 0.2) is 17.3 Å². The van der Waals surface area contributed by atoms with Gasteiger partial charge in [0.25, 0.3) is 0 Å². The molecule has 1 aromatic heterocycles. The Bertz CT molecular complexity index is 859. The summed E-state index contributed by atoms with van der Waals surface area (Å²) in [6, 6.07) is 3.56. The summed E-state index contributed by atoms with van der Waals surface area (Å²) in [5, 5.41) is 7.19. The molecule has 3 rings (SSSR count). The zero-order chi connectivity index (χ0) is 20.9. The Morgan fingerprint density at radius 2 is 1.76 bits per heavy atom. The van der Waals surface area contributed by atoms with Crippen molar-refractivity contribution in [3.05, 3.63) is 35.5 Å². The van der Waals surface area contributed by atoms with E-state index in [0.717, 1.165) is 37.7 Å². The number of hydrogen-bond acceptors (Lipinski definition) is 7. The molecule has 1 aliphatic rings. The van der Waals surface area contributed by atoms with Crippen LogP contribution in [0.3, 0.4) is 0 Å². The molecule has 0 radical (unpaired) electrons. The van der Waals surface area contributed by atoms with Crippen LogP contribution in [-0.2, 0) is 10.3 Å². The smallest absolute Gasteiger partial charge is 0.244 e. The van der Waals surface area contributed by atoms with E-state index in [-0.39, 0.29) is 5.91 Å². The van der Waals surface area contributed by atoms with Gasteiger partial charge in [0.05, 0.1) is 21.3 Å². The summed E-state index contributed by atoms with van der Waals surface area (Å²) < 4.78 is 21.2. The van der Waals surface area contributed by atoms with Crippen molar-refractivity contribution in [1.82, 2.24) is 15.5 Å². The van der Waals surface area contributed by atoms with Gasteiger partial charge in [0.1, 0.15) is 5.54 Å². The van der Waals surface area contributed by atoms with Gasteiger partial charge in [0.2, 0.25) is 17.5 Å². The lowest BCUT2D eigenvalue weighted by Gasteiger charge is -2.34. The highest BCUT2D eigenvalue weighted by atomic mass is 16.5. The van der Waals surface area contributed by atoms with E-state index in [2.05, 4.69) is 15.5 Å². The molecule has 1 saturated carbocycles. The number of hydrogen-bond donors (Lipinski definition) is 1. The van der Waals surface area contributed by atoms with Crippen LogP contribution >= 0.6 is 0 Å². The summed E-state index contributed by atoms with van der Waals surface area (Å²) in [6.45, 7) is 1.75. The molecule has 1 heterocycles. The van der Waals surface area contributed by atoms with E-state index in [0.29, 0.717) is 29.0 Å². The van der Waals surface area contributed by atoms with Crippen LogP contribution in [0.25, 0.3) is 6.08 Å². The van der Waals surface area contributed by atoms with Crippen LogP contribution in [-0.4, -0.2) is 37.4 Å². The molecule has 8 heteroatoms. The summed E-state index contributed by atoms with van der Waals surface area (Å²) >= 11 is 0. The molecule has 0 aliphatic heterocycles. The third-order valence-corrected chi connectivity index (χ3v) is 5.14. The van der Waals surface area contributed by atoms with Gasteiger partial charge in [-0.05, 0) is 36.6 Å². The highest BCUT2D eigenvalue weighted by molar-refractivity contribution is 5.92. The second kappa shape index (κ2) is 8.98. The molecule has 1 amide bonds. The number of nitrogens with one attached hydrogen (secondary N) is 1. The summed E-state index contributed by atoms with van der Waals surface area (Å²) in [5.41, 5.74) is 0.162. The fraction of sp³-hybridized carbons (Fsp3) is 0.476. The monoisotopic (exact) mass is 401 g/mol. The zero-order valence-electron chi connectivity index (χ0n) is 17.3.